The van der Waals surface area contributed by atoms with Crippen LogP contribution < -0.4 is 11.5 Å². The molecule has 0 unspecified atom stereocenters. The van der Waals surface area contributed by atoms with Gasteiger partial charge >= 0.3 is 0 Å². The van der Waals surface area contributed by atoms with Crippen molar-refractivity contribution in [1.29, 1.82) is 0 Å². The van der Waals surface area contributed by atoms with Crippen molar-refractivity contribution in [3.8, 4) is 5.75 Å². The third-order valence-corrected chi connectivity index (χ3v) is 2.89. The maximum absolute atomic E-state index is 9.73. The average Bonchev–Trinajstić information content (AvgIpc) is 2.30. The van der Waals surface area contributed by atoms with Gasteiger partial charge in [0.25, 0.3) is 0 Å². The first kappa shape index (κ1) is 11.3. The Morgan fingerprint density at radius 2 is 1.53 bits per heavy atom. The van der Waals surface area contributed by atoms with E-state index in [1.807, 2.05) is 24.3 Å². The van der Waals surface area contributed by atoms with Crippen molar-refractivity contribution in [3.63, 3.8) is 0 Å². The van der Waals surface area contributed by atoms with Gasteiger partial charge in [-0.25, -0.2) is 0 Å². The lowest BCUT2D eigenvalue weighted by Gasteiger charge is -2.09. The normalized spacial score (nSPS) is 10.4. The Labute approximate surface area is 101 Å². The number of benzene rings is 2. The van der Waals surface area contributed by atoms with Gasteiger partial charge in [-0.1, -0.05) is 24.3 Å². The van der Waals surface area contributed by atoms with Crippen LogP contribution in [0.2, 0.25) is 0 Å². The van der Waals surface area contributed by atoms with E-state index in [4.69, 9.17) is 11.5 Å². The molecular formula is C14H16N2O. The maximum Gasteiger partial charge on any atom is 0.120 e. The van der Waals surface area contributed by atoms with E-state index in [-0.39, 0.29) is 5.75 Å². The zero-order valence-electron chi connectivity index (χ0n) is 9.56. The quantitative estimate of drug-likeness (QED) is 0.706. The van der Waals surface area contributed by atoms with Gasteiger partial charge in [-0.2, -0.15) is 0 Å². The lowest BCUT2D eigenvalue weighted by molar-refractivity contribution is 0.468. The summed E-state index contributed by atoms with van der Waals surface area (Å²) in [7, 11) is 0. The number of aryl methyl sites for hydroxylation is 1. The van der Waals surface area contributed by atoms with Crippen LogP contribution in [0.4, 0.5) is 11.4 Å². The number of nitrogen functional groups attached to an aromatic ring is 2. The highest BCUT2D eigenvalue weighted by molar-refractivity contribution is 5.54. The summed E-state index contributed by atoms with van der Waals surface area (Å²) in [5.74, 6) is 0.250. The molecule has 0 aliphatic rings. The van der Waals surface area contributed by atoms with Gasteiger partial charge in [-0.05, 0) is 36.6 Å². The molecule has 3 heteroatoms. The minimum atomic E-state index is 0.250. The molecule has 0 bridgehead atoms. The lowest BCUT2D eigenvalue weighted by atomic mass is 10.0. The predicted molar refractivity (Wildman–Crippen MR) is 70.8 cm³/mol. The first-order valence-electron chi connectivity index (χ1n) is 5.58. The molecule has 3 nitrogen and oxygen atoms in total. The second-order valence-corrected chi connectivity index (χ2v) is 4.04. The first-order chi connectivity index (χ1) is 8.18. The molecule has 0 spiro atoms. The van der Waals surface area contributed by atoms with E-state index in [0.29, 0.717) is 12.1 Å². The van der Waals surface area contributed by atoms with Crippen molar-refractivity contribution in [3.05, 3.63) is 53.6 Å². The topological polar surface area (TPSA) is 72.3 Å². The molecule has 0 aliphatic heterocycles. The summed E-state index contributed by atoms with van der Waals surface area (Å²) in [6.45, 7) is 0. The van der Waals surface area contributed by atoms with Crippen LogP contribution in [0, 0.1) is 0 Å². The molecular weight excluding hydrogens is 212 g/mol. The van der Waals surface area contributed by atoms with E-state index in [1.54, 1.807) is 18.2 Å². The van der Waals surface area contributed by atoms with Gasteiger partial charge in [0.15, 0.2) is 0 Å². The smallest absolute Gasteiger partial charge is 0.120 e. The summed E-state index contributed by atoms with van der Waals surface area (Å²) in [6, 6.07) is 12.9. The summed E-state index contributed by atoms with van der Waals surface area (Å²) < 4.78 is 0. The maximum atomic E-state index is 9.73. The molecule has 5 N–H and O–H groups in total. The molecule has 2 rings (SSSR count). The van der Waals surface area contributed by atoms with Crippen LogP contribution in [0.1, 0.15) is 11.1 Å². The number of phenolic OH excluding ortho intramolecular Hbond substituents is 1. The molecule has 0 radical (unpaired) electrons. The number of phenols is 1. The fourth-order valence-corrected chi connectivity index (χ4v) is 1.89. The second-order valence-electron chi connectivity index (χ2n) is 4.04. The van der Waals surface area contributed by atoms with Gasteiger partial charge < -0.3 is 16.6 Å². The van der Waals surface area contributed by atoms with Crippen molar-refractivity contribution in [1.82, 2.24) is 0 Å². The van der Waals surface area contributed by atoms with Crippen LogP contribution >= 0.6 is 0 Å². The number of nitrogens with two attached hydrogens (primary N) is 2. The second kappa shape index (κ2) is 4.78. The SMILES string of the molecule is Nc1ccccc1CCc1c(N)cccc1O. The fourth-order valence-electron chi connectivity index (χ4n) is 1.89. The summed E-state index contributed by atoms with van der Waals surface area (Å²) in [5, 5.41) is 9.73. The molecule has 88 valence electrons. The fraction of sp³-hybridized carbons (Fsp3) is 0.143. The van der Waals surface area contributed by atoms with Gasteiger partial charge in [0, 0.05) is 16.9 Å². The van der Waals surface area contributed by atoms with Crippen LogP contribution in [0.15, 0.2) is 42.5 Å². The predicted octanol–water partition coefficient (Wildman–Crippen LogP) is 2.34. The monoisotopic (exact) mass is 228 g/mol. The van der Waals surface area contributed by atoms with E-state index >= 15 is 0 Å². The standard InChI is InChI=1S/C14H16N2O/c15-12-5-2-1-4-10(12)8-9-11-13(16)6-3-7-14(11)17/h1-7,17H,8-9,15-16H2. The highest BCUT2D eigenvalue weighted by atomic mass is 16.3. The van der Waals surface area contributed by atoms with Crippen molar-refractivity contribution >= 4 is 11.4 Å². The van der Waals surface area contributed by atoms with Crippen LogP contribution in [0.5, 0.6) is 5.75 Å². The minimum absolute atomic E-state index is 0.250. The average molecular weight is 228 g/mol. The molecule has 0 fully saturated rings. The van der Waals surface area contributed by atoms with Crippen molar-refractivity contribution in [2.45, 2.75) is 12.8 Å². The molecule has 0 saturated heterocycles. The molecule has 0 amide bonds. The number of para-hydroxylation sites is 1. The molecule has 0 aromatic heterocycles. The molecule has 17 heavy (non-hydrogen) atoms. The minimum Gasteiger partial charge on any atom is -0.508 e. The largest absolute Gasteiger partial charge is 0.508 e. The zero-order chi connectivity index (χ0) is 12.3. The summed E-state index contributed by atoms with van der Waals surface area (Å²) >= 11 is 0. The van der Waals surface area contributed by atoms with E-state index in [9.17, 15) is 5.11 Å². The highest BCUT2D eigenvalue weighted by Gasteiger charge is 2.06. The Balaban J connectivity index is 2.16. The molecule has 2 aromatic rings. The van der Waals surface area contributed by atoms with E-state index in [1.165, 1.54) is 0 Å². The molecule has 0 atom stereocenters. The highest BCUT2D eigenvalue weighted by Crippen LogP contribution is 2.25. The molecule has 0 heterocycles. The number of hydrogen-bond acceptors (Lipinski definition) is 3. The Kier molecular flexibility index (Phi) is 3.19. The van der Waals surface area contributed by atoms with E-state index in [2.05, 4.69) is 0 Å². The zero-order valence-corrected chi connectivity index (χ0v) is 9.56. The van der Waals surface area contributed by atoms with Gasteiger partial charge in [0.05, 0.1) is 0 Å². The first-order valence-corrected chi connectivity index (χ1v) is 5.58. The Bertz CT molecular complexity index is 503. The van der Waals surface area contributed by atoms with E-state index in [0.717, 1.165) is 23.2 Å². The molecule has 0 saturated carbocycles. The number of rotatable bonds is 3. The van der Waals surface area contributed by atoms with Gasteiger partial charge in [0.2, 0.25) is 0 Å². The Morgan fingerprint density at radius 3 is 2.24 bits per heavy atom. The Morgan fingerprint density at radius 1 is 0.824 bits per heavy atom. The van der Waals surface area contributed by atoms with Crippen molar-refractivity contribution in [2.24, 2.45) is 0 Å². The van der Waals surface area contributed by atoms with Crippen molar-refractivity contribution in [2.75, 3.05) is 11.5 Å². The lowest BCUT2D eigenvalue weighted by Crippen LogP contribution is -2.00. The van der Waals surface area contributed by atoms with E-state index < -0.39 is 0 Å². The van der Waals surface area contributed by atoms with Crippen LogP contribution in [-0.2, 0) is 12.8 Å². The van der Waals surface area contributed by atoms with Gasteiger partial charge in [-0.15, -0.1) is 0 Å². The van der Waals surface area contributed by atoms with Gasteiger partial charge in [-0.3, -0.25) is 0 Å². The van der Waals surface area contributed by atoms with Crippen LogP contribution in [-0.4, -0.2) is 5.11 Å². The van der Waals surface area contributed by atoms with Gasteiger partial charge in [0.1, 0.15) is 5.75 Å². The number of hydrogen-bond donors (Lipinski definition) is 3. The molecule has 0 aliphatic carbocycles. The number of aromatic hydroxyl groups is 1. The van der Waals surface area contributed by atoms with Crippen LogP contribution in [0.3, 0.4) is 0 Å². The summed E-state index contributed by atoms with van der Waals surface area (Å²) in [6.07, 6.45) is 1.46. The third-order valence-electron chi connectivity index (χ3n) is 2.89. The Hall–Kier alpha value is -2.16. The summed E-state index contributed by atoms with van der Waals surface area (Å²) in [5.41, 5.74) is 15.0. The van der Waals surface area contributed by atoms with Crippen molar-refractivity contribution < 1.29 is 5.11 Å². The van der Waals surface area contributed by atoms with Crippen LogP contribution in [0.25, 0.3) is 0 Å². The molecule has 2 aromatic carbocycles. The third kappa shape index (κ3) is 2.50. The summed E-state index contributed by atoms with van der Waals surface area (Å²) in [4.78, 5) is 0. The number of anilines is 2.